The summed E-state index contributed by atoms with van der Waals surface area (Å²) in [4.78, 5) is 12.1. The lowest BCUT2D eigenvalue weighted by Crippen LogP contribution is -2.24. The third-order valence-corrected chi connectivity index (χ3v) is 7.87. The SMILES string of the molecule is CCNC(=O)c1cc(S(=O)(=O)Nc2ccc(S(=O)(=O)Nc3ccc(C)cc3C)cc2)ccc1OC. The molecule has 0 heterocycles. The molecule has 0 bridgehead atoms. The molecule has 11 heteroatoms. The second-order valence-electron chi connectivity index (χ2n) is 7.78. The van der Waals surface area contributed by atoms with Gasteiger partial charge in [0.2, 0.25) is 0 Å². The number of nitrogens with one attached hydrogen (secondary N) is 3. The van der Waals surface area contributed by atoms with Crippen molar-refractivity contribution in [1.82, 2.24) is 5.32 Å². The lowest BCUT2D eigenvalue weighted by molar-refractivity contribution is 0.0952. The zero-order valence-corrected chi connectivity index (χ0v) is 21.4. The molecule has 1 amide bonds. The maximum absolute atomic E-state index is 12.9. The summed E-state index contributed by atoms with van der Waals surface area (Å²) in [6, 6.07) is 14.6. The van der Waals surface area contributed by atoms with E-state index in [4.69, 9.17) is 4.74 Å². The Morgan fingerprint density at radius 2 is 1.46 bits per heavy atom. The first-order chi connectivity index (χ1) is 16.5. The van der Waals surface area contributed by atoms with Crippen molar-refractivity contribution in [1.29, 1.82) is 0 Å². The highest BCUT2D eigenvalue weighted by molar-refractivity contribution is 7.93. The van der Waals surface area contributed by atoms with E-state index in [1.807, 2.05) is 13.0 Å². The molecular formula is C24H27N3O6S2. The van der Waals surface area contributed by atoms with Gasteiger partial charge in [0, 0.05) is 12.2 Å². The lowest BCUT2D eigenvalue weighted by atomic mass is 10.1. The Balaban J connectivity index is 1.82. The van der Waals surface area contributed by atoms with Gasteiger partial charge >= 0.3 is 0 Å². The highest BCUT2D eigenvalue weighted by Gasteiger charge is 2.21. The molecule has 3 aromatic carbocycles. The van der Waals surface area contributed by atoms with Gasteiger partial charge in [-0.1, -0.05) is 17.7 Å². The number of rotatable bonds is 9. The Bertz CT molecular complexity index is 1450. The normalized spacial score (nSPS) is 11.5. The van der Waals surface area contributed by atoms with Gasteiger partial charge in [0.25, 0.3) is 26.0 Å². The number of sulfonamides is 2. The van der Waals surface area contributed by atoms with Crippen LogP contribution in [0.25, 0.3) is 0 Å². The van der Waals surface area contributed by atoms with E-state index in [0.717, 1.165) is 11.1 Å². The molecule has 0 aliphatic rings. The van der Waals surface area contributed by atoms with Crippen molar-refractivity contribution in [3.8, 4) is 5.75 Å². The van der Waals surface area contributed by atoms with Crippen LogP contribution in [-0.2, 0) is 20.0 Å². The molecule has 0 fully saturated rings. The molecule has 0 saturated carbocycles. The maximum atomic E-state index is 12.9. The Morgan fingerprint density at radius 3 is 2.06 bits per heavy atom. The van der Waals surface area contributed by atoms with E-state index in [1.54, 1.807) is 26.0 Å². The molecule has 0 saturated heterocycles. The van der Waals surface area contributed by atoms with Crippen LogP contribution in [0.5, 0.6) is 5.75 Å². The topological polar surface area (TPSA) is 131 Å². The van der Waals surface area contributed by atoms with E-state index >= 15 is 0 Å². The van der Waals surface area contributed by atoms with Gasteiger partial charge in [0.1, 0.15) is 5.75 Å². The monoisotopic (exact) mass is 517 g/mol. The van der Waals surface area contributed by atoms with Crippen molar-refractivity contribution < 1.29 is 26.4 Å². The second kappa shape index (κ2) is 10.4. The Kier molecular flexibility index (Phi) is 7.71. The fraction of sp³-hybridized carbons (Fsp3) is 0.208. The summed E-state index contributed by atoms with van der Waals surface area (Å²) in [6.07, 6.45) is 0. The molecule has 3 rings (SSSR count). The highest BCUT2D eigenvalue weighted by Crippen LogP contribution is 2.26. The highest BCUT2D eigenvalue weighted by atomic mass is 32.2. The number of carbonyl (C=O) groups excluding carboxylic acids is 1. The standard InChI is InChI=1S/C24H27N3O6S2/c1-5-25-24(28)21-15-20(11-13-23(21)33-4)35(31,32)26-18-7-9-19(10-8-18)34(29,30)27-22-12-6-16(2)14-17(22)3/h6-15,26-27H,5H2,1-4H3,(H,25,28). The van der Waals surface area contributed by atoms with Crippen LogP contribution in [0, 0.1) is 13.8 Å². The van der Waals surface area contributed by atoms with E-state index < -0.39 is 26.0 Å². The molecule has 186 valence electrons. The van der Waals surface area contributed by atoms with Gasteiger partial charge in [0.05, 0.1) is 28.2 Å². The number of methoxy groups -OCH3 is 1. The zero-order valence-electron chi connectivity index (χ0n) is 19.7. The summed E-state index contributed by atoms with van der Waals surface area (Å²) in [5.41, 5.74) is 2.49. The molecule has 3 N–H and O–H groups in total. The minimum atomic E-state index is -4.07. The summed E-state index contributed by atoms with van der Waals surface area (Å²) < 4.78 is 61.5. The summed E-state index contributed by atoms with van der Waals surface area (Å²) in [5, 5.41) is 2.61. The largest absolute Gasteiger partial charge is 0.496 e. The van der Waals surface area contributed by atoms with E-state index in [-0.39, 0.29) is 26.8 Å². The molecule has 35 heavy (non-hydrogen) atoms. The van der Waals surface area contributed by atoms with Gasteiger partial charge in [-0.2, -0.15) is 0 Å². The number of hydrogen-bond acceptors (Lipinski definition) is 6. The van der Waals surface area contributed by atoms with Crippen LogP contribution in [-0.4, -0.2) is 36.4 Å². The lowest BCUT2D eigenvalue weighted by Gasteiger charge is -2.13. The Labute approximate surface area is 205 Å². The summed E-state index contributed by atoms with van der Waals surface area (Å²) in [5.74, 6) is -0.229. The van der Waals surface area contributed by atoms with Crippen molar-refractivity contribution >= 4 is 37.3 Å². The van der Waals surface area contributed by atoms with E-state index in [2.05, 4.69) is 14.8 Å². The van der Waals surface area contributed by atoms with Gasteiger partial charge in [-0.15, -0.1) is 0 Å². The molecule has 0 aliphatic heterocycles. The van der Waals surface area contributed by atoms with Crippen LogP contribution >= 0.6 is 0 Å². The third-order valence-electron chi connectivity index (χ3n) is 5.11. The van der Waals surface area contributed by atoms with E-state index in [9.17, 15) is 21.6 Å². The smallest absolute Gasteiger partial charge is 0.261 e. The number of anilines is 2. The predicted molar refractivity (Wildman–Crippen MR) is 135 cm³/mol. The van der Waals surface area contributed by atoms with Crippen LogP contribution in [0.3, 0.4) is 0 Å². The molecule has 0 radical (unpaired) electrons. The van der Waals surface area contributed by atoms with E-state index in [0.29, 0.717) is 12.2 Å². The van der Waals surface area contributed by atoms with Gasteiger partial charge in [0.15, 0.2) is 0 Å². The Hall–Kier alpha value is -3.57. The molecule has 3 aromatic rings. The number of aryl methyl sites for hydroxylation is 2. The molecule has 0 atom stereocenters. The van der Waals surface area contributed by atoms with Crippen LogP contribution in [0.2, 0.25) is 0 Å². The minimum absolute atomic E-state index is 0.0246. The van der Waals surface area contributed by atoms with Crippen LogP contribution in [0.1, 0.15) is 28.4 Å². The number of hydrogen-bond donors (Lipinski definition) is 3. The molecule has 0 aromatic heterocycles. The molecular weight excluding hydrogens is 490 g/mol. The van der Waals surface area contributed by atoms with Gasteiger partial charge in [-0.25, -0.2) is 16.8 Å². The first-order valence-electron chi connectivity index (χ1n) is 10.7. The fourth-order valence-corrected chi connectivity index (χ4v) is 5.55. The van der Waals surface area contributed by atoms with Gasteiger partial charge in [-0.05, 0) is 74.9 Å². The number of carbonyl (C=O) groups is 1. The molecule has 9 nitrogen and oxygen atoms in total. The molecule has 0 unspecified atom stereocenters. The molecule has 0 aliphatic carbocycles. The fourth-order valence-electron chi connectivity index (χ4n) is 3.34. The summed E-state index contributed by atoms with van der Waals surface area (Å²) >= 11 is 0. The van der Waals surface area contributed by atoms with Crippen LogP contribution in [0.4, 0.5) is 11.4 Å². The average molecular weight is 518 g/mol. The molecule has 0 spiro atoms. The minimum Gasteiger partial charge on any atom is -0.496 e. The van der Waals surface area contributed by atoms with E-state index in [1.165, 1.54) is 49.6 Å². The van der Waals surface area contributed by atoms with Crippen molar-refractivity contribution in [3.63, 3.8) is 0 Å². The third kappa shape index (κ3) is 6.11. The van der Waals surface area contributed by atoms with Crippen LogP contribution in [0.15, 0.2) is 70.5 Å². The number of amides is 1. The Morgan fingerprint density at radius 1 is 0.829 bits per heavy atom. The van der Waals surface area contributed by atoms with Crippen molar-refractivity contribution in [2.24, 2.45) is 0 Å². The summed E-state index contributed by atoms with van der Waals surface area (Å²) in [7, 11) is -6.56. The first kappa shape index (κ1) is 26.0. The number of ether oxygens (including phenoxy) is 1. The average Bonchev–Trinajstić information content (AvgIpc) is 2.80. The van der Waals surface area contributed by atoms with Gasteiger partial charge in [-0.3, -0.25) is 14.2 Å². The predicted octanol–water partition coefficient (Wildman–Crippen LogP) is 3.66. The maximum Gasteiger partial charge on any atom is 0.261 e. The van der Waals surface area contributed by atoms with Crippen LogP contribution < -0.4 is 19.5 Å². The number of benzene rings is 3. The summed E-state index contributed by atoms with van der Waals surface area (Å²) in [6.45, 7) is 5.83. The quantitative estimate of drug-likeness (QED) is 0.397. The van der Waals surface area contributed by atoms with Gasteiger partial charge < -0.3 is 10.1 Å². The van der Waals surface area contributed by atoms with Crippen molar-refractivity contribution in [3.05, 3.63) is 77.4 Å². The van der Waals surface area contributed by atoms with Crippen molar-refractivity contribution in [2.45, 2.75) is 30.6 Å². The first-order valence-corrected chi connectivity index (χ1v) is 13.6. The second-order valence-corrected chi connectivity index (χ2v) is 11.1. The zero-order chi connectivity index (χ0) is 25.8. The van der Waals surface area contributed by atoms with Crippen molar-refractivity contribution in [2.75, 3.05) is 23.1 Å².